The fraction of sp³-hybridized carbons (Fsp3) is 0.692. The zero-order valence-electron chi connectivity index (χ0n) is 22.6. The summed E-state index contributed by atoms with van der Waals surface area (Å²) in [6, 6.07) is 3.70. The number of hydrogen-bond acceptors (Lipinski definition) is 6. The van der Waals surface area contributed by atoms with Gasteiger partial charge in [0.05, 0.1) is 12.1 Å². The molecule has 0 aromatic heterocycles. The number of aliphatic carboxylic acids is 1. The molecule has 1 aromatic rings. The molecule has 1 spiro atoms. The highest BCUT2D eigenvalue weighted by molar-refractivity contribution is 5.69. The Hall–Kier alpha value is -2.95. The Balaban J connectivity index is 1.18. The average molecular weight is 633 g/mol. The molecule has 4 heterocycles. The number of halogens is 9. The lowest BCUT2D eigenvalue weighted by molar-refractivity contribution is -0.308. The number of hydrogen-bond donors (Lipinski definition) is 1. The van der Waals surface area contributed by atoms with E-state index < -0.39 is 42.3 Å². The molecule has 4 aliphatic heterocycles. The predicted octanol–water partition coefficient (Wildman–Crippen LogP) is 4.58. The Labute approximate surface area is 239 Å². The first-order valence-corrected chi connectivity index (χ1v) is 13.6. The van der Waals surface area contributed by atoms with Crippen LogP contribution in [0.5, 0.6) is 0 Å². The first-order chi connectivity index (χ1) is 19.8. The van der Waals surface area contributed by atoms with Crippen molar-refractivity contribution in [1.29, 1.82) is 0 Å². The maximum absolute atomic E-state index is 13.8. The lowest BCUT2D eigenvalue weighted by atomic mass is 9.72. The van der Waals surface area contributed by atoms with Crippen molar-refractivity contribution in [3.63, 3.8) is 0 Å². The minimum Gasteiger partial charge on any atom is -0.480 e. The topological polar surface area (TPSA) is 76.6 Å². The number of carboxylic acids is 1. The van der Waals surface area contributed by atoms with Crippen LogP contribution in [0.3, 0.4) is 0 Å². The second-order valence-corrected chi connectivity index (χ2v) is 11.9. The van der Waals surface area contributed by atoms with Gasteiger partial charge in [0, 0.05) is 63.6 Å². The molecule has 2 bridgehead atoms. The van der Waals surface area contributed by atoms with E-state index in [2.05, 4.69) is 4.74 Å². The van der Waals surface area contributed by atoms with Gasteiger partial charge in [0.25, 0.3) is 6.10 Å². The molecule has 17 heteroatoms. The van der Waals surface area contributed by atoms with Gasteiger partial charge in [0.15, 0.2) is 0 Å². The molecule has 8 nitrogen and oxygen atoms in total. The summed E-state index contributed by atoms with van der Waals surface area (Å²) in [6.07, 6.45) is -20.9. The van der Waals surface area contributed by atoms with Gasteiger partial charge < -0.3 is 19.6 Å². The molecule has 1 amide bonds. The lowest BCUT2D eigenvalue weighted by Crippen LogP contribution is -2.60. The summed E-state index contributed by atoms with van der Waals surface area (Å²) < 4.78 is 122. The predicted molar refractivity (Wildman–Crippen MR) is 131 cm³/mol. The molecule has 4 fully saturated rings. The van der Waals surface area contributed by atoms with E-state index in [1.165, 1.54) is 0 Å². The standard InChI is InChI=1S/C26H29F9N4O4/c27-24(28,29)16-5-15(6-17(7-16)39-11-18-8-19(39)10-38(18)12-20(40)41)9-36-13-23(14-36)1-3-37(4-2-23)22(42)43-21(25(30,31)32)26(33,34)35/h5-7,18-19,21H,1-4,8-14H2,(H,40,41). The normalized spacial score (nSPS) is 24.6. The van der Waals surface area contributed by atoms with Gasteiger partial charge in [0.2, 0.25) is 0 Å². The summed E-state index contributed by atoms with van der Waals surface area (Å²) in [5, 5.41) is 9.09. The second-order valence-electron chi connectivity index (χ2n) is 11.9. The van der Waals surface area contributed by atoms with E-state index in [9.17, 15) is 49.1 Å². The summed E-state index contributed by atoms with van der Waals surface area (Å²) in [4.78, 5) is 29.6. The monoisotopic (exact) mass is 632 g/mol. The number of carbonyl (C=O) groups is 2. The molecular weight excluding hydrogens is 603 g/mol. The van der Waals surface area contributed by atoms with Crippen LogP contribution in [0.2, 0.25) is 0 Å². The van der Waals surface area contributed by atoms with E-state index in [4.69, 9.17) is 5.11 Å². The van der Waals surface area contributed by atoms with E-state index in [1.54, 1.807) is 6.07 Å². The third kappa shape index (κ3) is 6.76. The van der Waals surface area contributed by atoms with Crippen molar-refractivity contribution in [3.8, 4) is 0 Å². The first kappa shape index (κ1) is 31.5. The van der Waals surface area contributed by atoms with Crippen LogP contribution in [0.15, 0.2) is 18.2 Å². The summed E-state index contributed by atoms with van der Waals surface area (Å²) in [5.74, 6) is -0.963. The SMILES string of the molecule is O=C(O)CN1CC2CC1CN2c1cc(CN2CC3(CCN(C(=O)OC(C(F)(F)F)C(F)(F)F)CC3)C2)cc(C(F)(F)F)c1. The van der Waals surface area contributed by atoms with E-state index in [0.717, 1.165) is 17.0 Å². The smallest absolute Gasteiger partial charge is 0.434 e. The number of piperazine rings is 1. The van der Waals surface area contributed by atoms with Crippen molar-refractivity contribution in [3.05, 3.63) is 29.3 Å². The second kappa shape index (κ2) is 10.9. The van der Waals surface area contributed by atoms with Crippen LogP contribution >= 0.6 is 0 Å². The van der Waals surface area contributed by atoms with Crippen LogP contribution in [0, 0.1) is 5.41 Å². The molecule has 0 radical (unpaired) electrons. The van der Waals surface area contributed by atoms with E-state index >= 15 is 0 Å². The fourth-order valence-corrected chi connectivity index (χ4v) is 6.77. The van der Waals surface area contributed by atoms with E-state index in [1.807, 2.05) is 14.7 Å². The number of likely N-dealkylation sites (tertiary alicyclic amines) is 3. The number of alkyl halides is 9. The van der Waals surface area contributed by atoms with Crippen molar-refractivity contribution in [1.82, 2.24) is 14.7 Å². The Morgan fingerprint density at radius 2 is 1.56 bits per heavy atom. The molecule has 5 rings (SSSR count). The molecule has 4 saturated heterocycles. The highest BCUT2D eigenvalue weighted by atomic mass is 19.4. The molecule has 2 unspecified atom stereocenters. The van der Waals surface area contributed by atoms with Crippen molar-refractivity contribution < 1.29 is 58.9 Å². The molecule has 43 heavy (non-hydrogen) atoms. The number of carbonyl (C=O) groups excluding carboxylic acids is 1. The molecule has 0 aliphatic carbocycles. The number of ether oxygens (including phenoxy) is 1. The third-order valence-electron chi connectivity index (χ3n) is 8.75. The molecule has 1 N–H and O–H groups in total. The van der Waals surface area contributed by atoms with Gasteiger partial charge in [-0.15, -0.1) is 0 Å². The number of carboxylic acid groups (broad SMARTS) is 1. The number of benzene rings is 1. The quantitative estimate of drug-likeness (QED) is 0.461. The zero-order valence-corrected chi connectivity index (χ0v) is 22.6. The average Bonchev–Trinajstić information content (AvgIpc) is 3.45. The van der Waals surface area contributed by atoms with Crippen LogP contribution in [0.1, 0.15) is 30.4 Å². The summed E-state index contributed by atoms with van der Waals surface area (Å²) in [5.41, 5.74) is -0.332. The van der Waals surface area contributed by atoms with Crippen LogP contribution < -0.4 is 4.90 Å². The summed E-state index contributed by atoms with van der Waals surface area (Å²) in [6.45, 7) is 1.57. The summed E-state index contributed by atoms with van der Waals surface area (Å²) in [7, 11) is 0. The van der Waals surface area contributed by atoms with Gasteiger partial charge in [-0.3, -0.25) is 14.6 Å². The fourth-order valence-electron chi connectivity index (χ4n) is 6.77. The Bertz CT molecular complexity index is 1210. The molecule has 0 saturated carbocycles. The molecule has 2 atom stereocenters. The minimum absolute atomic E-state index is 0.0645. The molecule has 4 aliphatic rings. The minimum atomic E-state index is -5.81. The highest BCUT2D eigenvalue weighted by Gasteiger charge is 2.60. The number of piperidine rings is 1. The molecule has 240 valence electrons. The third-order valence-corrected chi connectivity index (χ3v) is 8.75. The van der Waals surface area contributed by atoms with Crippen LogP contribution in [0.4, 0.5) is 50.0 Å². The van der Waals surface area contributed by atoms with Gasteiger partial charge in [-0.2, -0.15) is 39.5 Å². The Kier molecular flexibility index (Phi) is 7.97. The molecular formula is C26H29F9N4O4. The van der Waals surface area contributed by atoms with E-state index in [0.29, 0.717) is 56.7 Å². The maximum Gasteiger partial charge on any atom is 0.434 e. The van der Waals surface area contributed by atoms with Gasteiger partial charge in [0.1, 0.15) is 0 Å². The van der Waals surface area contributed by atoms with Crippen LogP contribution in [0.25, 0.3) is 0 Å². The molecule has 1 aromatic carbocycles. The van der Waals surface area contributed by atoms with Gasteiger partial charge >= 0.3 is 30.6 Å². The van der Waals surface area contributed by atoms with E-state index in [-0.39, 0.29) is 43.7 Å². The number of amides is 1. The number of rotatable bonds is 6. The number of nitrogens with zero attached hydrogens (tertiary/aromatic N) is 4. The number of fused-ring (bicyclic) bond motifs is 2. The van der Waals surface area contributed by atoms with Crippen molar-refractivity contribution in [2.75, 3.05) is 50.7 Å². The largest absolute Gasteiger partial charge is 0.480 e. The zero-order chi connectivity index (χ0) is 31.5. The Morgan fingerprint density at radius 3 is 2.07 bits per heavy atom. The maximum atomic E-state index is 13.8. The van der Waals surface area contributed by atoms with Gasteiger partial charge in [-0.05, 0) is 48.4 Å². The van der Waals surface area contributed by atoms with Crippen LogP contribution in [-0.2, 0) is 22.3 Å². The highest BCUT2D eigenvalue weighted by Crippen LogP contribution is 2.43. The van der Waals surface area contributed by atoms with Gasteiger partial charge in [-0.25, -0.2) is 4.79 Å². The number of anilines is 1. The van der Waals surface area contributed by atoms with Gasteiger partial charge in [-0.1, -0.05) is 0 Å². The van der Waals surface area contributed by atoms with Crippen molar-refractivity contribution >= 4 is 17.7 Å². The van der Waals surface area contributed by atoms with Crippen molar-refractivity contribution in [2.24, 2.45) is 5.41 Å². The lowest BCUT2D eigenvalue weighted by Gasteiger charge is -2.54. The first-order valence-electron chi connectivity index (χ1n) is 13.6. The van der Waals surface area contributed by atoms with Crippen molar-refractivity contribution in [2.45, 2.75) is 62.5 Å². The summed E-state index contributed by atoms with van der Waals surface area (Å²) >= 11 is 0. The Morgan fingerprint density at radius 1 is 0.930 bits per heavy atom. The van der Waals surface area contributed by atoms with Crippen LogP contribution in [-0.4, -0.2) is 108 Å².